The van der Waals surface area contributed by atoms with E-state index in [9.17, 15) is 18.0 Å². The molecule has 1 unspecified atom stereocenters. The molecule has 2 fully saturated rings. The first-order valence-electron chi connectivity index (χ1n) is 7.19. The third-order valence-corrected chi connectivity index (χ3v) is 5.33. The number of nitrogens with one attached hydrogen (secondary N) is 2. The van der Waals surface area contributed by atoms with E-state index in [4.69, 9.17) is 5.11 Å². The minimum Gasteiger partial charge on any atom is -0.480 e. The standard InChI is InChI=1S/C12H21N3O5S/c16-11(9-4-5-9)13-6-7-14-21(19,20)15-8-2-1-3-10(15)12(17)18/h9-10,14H,1-8H2,(H,13,16)(H,17,18). The monoisotopic (exact) mass is 319 g/mol. The molecule has 0 spiro atoms. The first-order valence-corrected chi connectivity index (χ1v) is 8.63. The van der Waals surface area contributed by atoms with Crippen LogP contribution < -0.4 is 10.0 Å². The van der Waals surface area contributed by atoms with Gasteiger partial charge in [-0.15, -0.1) is 0 Å². The molecule has 1 atom stereocenters. The minimum atomic E-state index is -3.83. The molecule has 1 aliphatic carbocycles. The highest BCUT2D eigenvalue weighted by Crippen LogP contribution is 2.28. The van der Waals surface area contributed by atoms with Crippen molar-refractivity contribution in [2.75, 3.05) is 19.6 Å². The van der Waals surface area contributed by atoms with Crippen molar-refractivity contribution in [1.29, 1.82) is 0 Å². The fraction of sp³-hybridized carbons (Fsp3) is 0.833. The molecule has 120 valence electrons. The molecule has 9 heteroatoms. The number of nitrogens with zero attached hydrogens (tertiary/aromatic N) is 1. The number of piperidine rings is 1. The Morgan fingerprint density at radius 2 is 1.86 bits per heavy atom. The molecule has 0 aromatic carbocycles. The number of aliphatic carboxylic acids is 1. The van der Waals surface area contributed by atoms with E-state index in [1.165, 1.54) is 0 Å². The predicted molar refractivity (Wildman–Crippen MR) is 74.6 cm³/mol. The summed E-state index contributed by atoms with van der Waals surface area (Å²) in [5, 5.41) is 11.7. The predicted octanol–water partition coefficient (Wildman–Crippen LogP) is -0.714. The summed E-state index contributed by atoms with van der Waals surface area (Å²) in [5.74, 6) is -1.09. The largest absolute Gasteiger partial charge is 0.480 e. The Hall–Kier alpha value is -1.19. The molecule has 1 saturated carbocycles. The lowest BCUT2D eigenvalue weighted by Crippen LogP contribution is -2.53. The van der Waals surface area contributed by atoms with Crippen LogP contribution in [-0.2, 0) is 19.8 Å². The zero-order chi connectivity index (χ0) is 15.5. The van der Waals surface area contributed by atoms with Gasteiger partial charge in [-0.05, 0) is 32.1 Å². The van der Waals surface area contributed by atoms with Gasteiger partial charge in [0.25, 0.3) is 10.2 Å². The summed E-state index contributed by atoms with van der Waals surface area (Å²) in [6.07, 6.45) is 3.48. The van der Waals surface area contributed by atoms with Crippen molar-refractivity contribution in [3.05, 3.63) is 0 Å². The van der Waals surface area contributed by atoms with Crippen LogP contribution in [0, 0.1) is 5.92 Å². The van der Waals surface area contributed by atoms with Crippen molar-refractivity contribution in [3.63, 3.8) is 0 Å². The maximum atomic E-state index is 12.1. The summed E-state index contributed by atoms with van der Waals surface area (Å²) < 4.78 is 27.6. The Balaban J connectivity index is 1.81. The lowest BCUT2D eigenvalue weighted by molar-refractivity contribution is -0.142. The van der Waals surface area contributed by atoms with Crippen molar-refractivity contribution in [3.8, 4) is 0 Å². The molecule has 1 amide bonds. The highest BCUT2D eigenvalue weighted by Gasteiger charge is 2.36. The molecule has 1 heterocycles. The second-order valence-corrected chi connectivity index (χ2v) is 7.13. The maximum Gasteiger partial charge on any atom is 0.322 e. The van der Waals surface area contributed by atoms with E-state index in [0.717, 1.165) is 17.1 Å². The Kier molecular flexibility index (Phi) is 5.17. The van der Waals surface area contributed by atoms with Gasteiger partial charge >= 0.3 is 5.97 Å². The van der Waals surface area contributed by atoms with E-state index < -0.39 is 22.2 Å². The van der Waals surface area contributed by atoms with Gasteiger partial charge in [-0.1, -0.05) is 0 Å². The number of amides is 1. The van der Waals surface area contributed by atoms with E-state index in [1.54, 1.807) is 0 Å². The van der Waals surface area contributed by atoms with Gasteiger partial charge in [0.1, 0.15) is 6.04 Å². The van der Waals surface area contributed by atoms with Gasteiger partial charge in [-0.25, -0.2) is 4.72 Å². The van der Waals surface area contributed by atoms with Gasteiger partial charge in [0, 0.05) is 25.6 Å². The normalized spacial score (nSPS) is 23.7. The molecule has 2 aliphatic rings. The molecule has 0 aromatic heterocycles. The summed E-state index contributed by atoms with van der Waals surface area (Å²) in [5.41, 5.74) is 0. The van der Waals surface area contributed by atoms with Crippen LogP contribution in [0.5, 0.6) is 0 Å². The molecule has 0 aromatic rings. The number of rotatable bonds is 7. The Labute approximate surface area is 124 Å². The second kappa shape index (κ2) is 6.71. The third-order valence-electron chi connectivity index (χ3n) is 3.70. The fourth-order valence-electron chi connectivity index (χ4n) is 2.38. The van der Waals surface area contributed by atoms with Crippen LogP contribution in [0.1, 0.15) is 32.1 Å². The van der Waals surface area contributed by atoms with E-state index in [2.05, 4.69) is 10.0 Å². The van der Waals surface area contributed by atoms with E-state index in [0.29, 0.717) is 19.3 Å². The maximum absolute atomic E-state index is 12.1. The van der Waals surface area contributed by atoms with Crippen LogP contribution in [0.4, 0.5) is 0 Å². The topological polar surface area (TPSA) is 116 Å². The Morgan fingerprint density at radius 1 is 1.14 bits per heavy atom. The van der Waals surface area contributed by atoms with Crippen molar-refractivity contribution < 1.29 is 23.1 Å². The van der Waals surface area contributed by atoms with E-state index in [1.807, 2.05) is 0 Å². The molecular weight excluding hydrogens is 298 g/mol. The number of hydrogen-bond donors (Lipinski definition) is 3. The lowest BCUT2D eigenvalue weighted by Gasteiger charge is -2.31. The van der Waals surface area contributed by atoms with Crippen molar-refractivity contribution >= 4 is 22.1 Å². The average Bonchev–Trinajstić information content (AvgIpc) is 3.28. The molecule has 2 rings (SSSR count). The third kappa shape index (κ3) is 4.39. The van der Waals surface area contributed by atoms with Crippen LogP contribution in [0.25, 0.3) is 0 Å². The summed E-state index contributed by atoms with van der Waals surface area (Å²) in [4.78, 5) is 22.5. The van der Waals surface area contributed by atoms with Crippen molar-refractivity contribution in [2.24, 2.45) is 5.92 Å². The number of carbonyl (C=O) groups is 2. The molecule has 1 aliphatic heterocycles. The first-order chi connectivity index (χ1) is 9.92. The van der Waals surface area contributed by atoms with Gasteiger partial charge in [0.2, 0.25) is 5.91 Å². The molecule has 1 saturated heterocycles. The van der Waals surface area contributed by atoms with Crippen molar-refractivity contribution in [2.45, 2.75) is 38.1 Å². The SMILES string of the molecule is O=C(NCCNS(=O)(=O)N1CCCCC1C(=O)O)C1CC1. The van der Waals surface area contributed by atoms with E-state index in [-0.39, 0.29) is 31.5 Å². The zero-order valence-corrected chi connectivity index (χ0v) is 12.6. The molecule has 0 bridgehead atoms. The van der Waals surface area contributed by atoms with Gasteiger partial charge < -0.3 is 10.4 Å². The zero-order valence-electron chi connectivity index (χ0n) is 11.7. The molecule has 8 nitrogen and oxygen atoms in total. The number of carbonyl (C=O) groups excluding carboxylic acids is 1. The van der Waals surface area contributed by atoms with Gasteiger partial charge in [-0.2, -0.15) is 12.7 Å². The highest BCUT2D eigenvalue weighted by atomic mass is 32.2. The van der Waals surface area contributed by atoms with Crippen LogP contribution in [0.3, 0.4) is 0 Å². The average molecular weight is 319 g/mol. The van der Waals surface area contributed by atoms with Gasteiger partial charge in [0.05, 0.1) is 0 Å². The number of carboxylic acids is 1. The van der Waals surface area contributed by atoms with Gasteiger partial charge in [0.15, 0.2) is 0 Å². The summed E-state index contributed by atoms with van der Waals surface area (Å²) >= 11 is 0. The molecule has 3 N–H and O–H groups in total. The fourth-order valence-corrected chi connectivity index (χ4v) is 3.80. The van der Waals surface area contributed by atoms with Crippen molar-refractivity contribution in [1.82, 2.24) is 14.3 Å². The van der Waals surface area contributed by atoms with Gasteiger partial charge in [-0.3, -0.25) is 9.59 Å². The Morgan fingerprint density at radius 3 is 2.48 bits per heavy atom. The van der Waals surface area contributed by atoms with Crippen LogP contribution >= 0.6 is 0 Å². The molecule has 0 radical (unpaired) electrons. The first kappa shape index (κ1) is 16.2. The highest BCUT2D eigenvalue weighted by molar-refractivity contribution is 7.87. The van der Waals surface area contributed by atoms with E-state index >= 15 is 0 Å². The smallest absolute Gasteiger partial charge is 0.322 e. The van der Waals surface area contributed by atoms with Crippen LogP contribution in [0.2, 0.25) is 0 Å². The summed E-state index contributed by atoms with van der Waals surface area (Å²) in [6.45, 7) is 0.477. The summed E-state index contributed by atoms with van der Waals surface area (Å²) in [7, 11) is -3.83. The molecular formula is C12H21N3O5S. The summed E-state index contributed by atoms with van der Waals surface area (Å²) in [6, 6.07) is -1.00. The molecule has 21 heavy (non-hydrogen) atoms. The van der Waals surface area contributed by atoms with Crippen LogP contribution in [-0.4, -0.2) is 55.4 Å². The number of carboxylic acid groups (broad SMARTS) is 1. The van der Waals surface area contributed by atoms with Crippen LogP contribution in [0.15, 0.2) is 0 Å². The second-order valence-electron chi connectivity index (χ2n) is 5.43. The Bertz CT molecular complexity index is 503. The number of hydrogen-bond acceptors (Lipinski definition) is 4. The quantitative estimate of drug-likeness (QED) is 0.536. The lowest BCUT2D eigenvalue weighted by atomic mass is 10.1. The minimum absolute atomic E-state index is 0.0458.